The van der Waals surface area contributed by atoms with Crippen molar-refractivity contribution in [2.24, 2.45) is 10.7 Å². The number of hydrogen-bond donors (Lipinski definition) is 1. The fourth-order valence-electron chi connectivity index (χ4n) is 4.69. The maximum absolute atomic E-state index is 13.4. The Kier molecular flexibility index (Phi) is 6.19. The average Bonchev–Trinajstić information content (AvgIpc) is 3.14. The van der Waals surface area contributed by atoms with Crippen molar-refractivity contribution in [2.75, 3.05) is 13.7 Å². The Morgan fingerprint density at radius 2 is 1.68 bits per heavy atom. The van der Waals surface area contributed by atoms with E-state index in [1.807, 2.05) is 18.2 Å². The van der Waals surface area contributed by atoms with Crippen molar-refractivity contribution in [3.05, 3.63) is 88.2 Å². The second kappa shape index (κ2) is 9.28. The van der Waals surface area contributed by atoms with E-state index in [1.165, 1.54) is 36.8 Å². The lowest BCUT2D eigenvalue weighted by molar-refractivity contribution is -0.183. The molecule has 5 nitrogen and oxygen atoms in total. The molecule has 0 aromatic heterocycles. The molecule has 2 N–H and O–H groups in total. The van der Waals surface area contributed by atoms with Gasteiger partial charge >= 0.3 is 0 Å². The summed E-state index contributed by atoms with van der Waals surface area (Å²) >= 11 is 5.90. The van der Waals surface area contributed by atoms with Gasteiger partial charge < -0.3 is 10.5 Å². The number of hydrogen-bond acceptors (Lipinski definition) is 5. The van der Waals surface area contributed by atoms with Crippen molar-refractivity contribution in [1.82, 2.24) is 5.06 Å². The van der Waals surface area contributed by atoms with E-state index in [0.29, 0.717) is 24.7 Å². The number of nitrogens with two attached hydrogens (primary N) is 1. The molecule has 0 unspecified atom stereocenters. The molecule has 3 aromatic carbocycles. The summed E-state index contributed by atoms with van der Waals surface area (Å²) in [7, 11) is 1.71. The summed E-state index contributed by atoms with van der Waals surface area (Å²) in [6.07, 6.45) is 5.93. The Bertz CT molecular complexity index is 1220. The van der Waals surface area contributed by atoms with Crippen LogP contribution in [0.5, 0.6) is 5.75 Å². The molecule has 3 aliphatic rings. The molecule has 1 spiro atoms. The largest absolute Gasteiger partial charge is 0.493 e. The highest BCUT2D eigenvalue weighted by atomic mass is 35.5. The summed E-state index contributed by atoms with van der Waals surface area (Å²) in [5, 5.41) is 1.53. The highest BCUT2D eigenvalue weighted by Crippen LogP contribution is 2.45. The van der Waals surface area contributed by atoms with Gasteiger partial charge in [-0.1, -0.05) is 48.0 Å². The van der Waals surface area contributed by atoms with Gasteiger partial charge in [0.2, 0.25) is 11.7 Å². The molecule has 1 atom stereocenters. The summed E-state index contributed by atoms with van der Waals surface area (Å²) < 4.78 is 19.1. The van der Waals surface area contributed by atoms with Crippen LogP contribution in [0.3, 0.4) is 0 Å². The minimum atomic E-state index is -0.883. The van der Waals surface area contributed by atoms with Gasteiger partial charge in [0.05, 0.1) is 17.2 Å². The molecule has 3 aromatic rings. The third-order valence-corrected chi connectivity index (χ3v) is 6.81. The molecule has 0 saturated carbocycles. The number of aryl methyl sites for hydroxylation is 2. The lowest BCUT2D eigenvalue weighted by Gasteiger charge is -2.32. The SMILES string of the molecule is CN1O[C@@]2(CCOc3ccc(-c4ccc(F)c(Cl)c4)cc32)N=C1N.c1ccc2c(c1)CCCC2. The van der Waals surface area contributed by atoms with E-state index in [1.54, 1.807) is 30.3 Å². The van der Waals surface area contributed by atoms with Crippen LogP contribution in [-0.4, -0.2) is 24.7 Å². The molecule has 7 heteroatoms. The van der Waals surface area contributed by atoms with Crippen molar-refractivity contribution >= 4 is 17.6 Å². The van der Waals surface area contributed by atoms with E-state index < -0.39 is 11.5 Å². The van der Waals surface area contributed by atoms with E-state index in [-0.39, 0.29) is 5.02 Å². The van der Waals surface area contributed by atoms with Crippen LogP contribution in [0.15, 0.2) is 65.7 Å². The van der Waals surface area contributed by atoms with Gasteiger partial charge in [-0.05, 0) is 72.2 Å². The van der Waals surface area contributed by atoms with Crippen molar-refractivity contribution in [3.63, 3.8) is 0 Å². The predicted molar refractivity (Wildman–Crippen MR) is 132 cm³/mol. The highest BCUT2D eigenvalue weighted by molar-refractivity contribution is 6.31. The van der Waals surface area contributed by atoms with Gasteiger partial charge in [-0.25, -0.2) is 19.3 Å². The van der Waals surface area contributed by atoms with Crippen LogP contribution in [0, 0.1) is 5.82 Å². The molecule has 0 bridgehead atoms. The Labute approximate surface area is 203 Å². The zero-order valence-electron chi connectivity index (χ0n) is 19.1. The molecular formula is C27H27ClFN3O2. The van der Waals surface area contributed by atoms with E-state index >= 15 is 0 Å². The number of guanidine groups is 1. The predicted octanol–water partition coefficient (Wildman–Crippen LogP) is 5.84. The Morgan fingerprint density at radius 1 is 1.00 bits per heavy atom. The first kappa shape index (κ1) is 22.7. The number of benzene rings is 3. The number of hydroxylamine groups is 2. The molecular weight excluding hydrogens is 453 g/mol. The first-order chi connectivity index (χ1) is 16.4. The van der Waals surface area contributed by atoms with Gasteiger partial charge in [-0.15, -0.1) is 0 Å². The molecule has 0 saturated heterocycles. The third kappa shape index (κ3) is 4.36. The summed E-state index contributed by atoms with van der Waals surface area (Å²) in [6.45, 7) is 0.485. The van der Waals surface area contributed by atoms with E-state index in [2.05, 4.69) is 29.3 Å². The van der Waals surface area contributed by atoms with Gasteiger partial charge in [-0.2, -0.15) is 0 Å². The quantitative estimate of drug-likeness (QED) is 0.476. The lowest BCUT2D eigenvalue weighted by atomic mass is 9.92. The maximum Gasteiger partial charge on any atom is 0.221 e. The van der Waals surface area contributed by atoms with Crippen LogP contribution < -0.4 is 10.5 Å². The molecule has 0 radical (unpaired) electrons. The average molecular weight is 480 g/mol. The maximum atomic E-state index is 13.4. The van der Waals surface area contributed by atoms with Gasteiger partial charge in [-0.3, -0.25) is 0 Å². The standard InChI is InChI=1S/C17H15ClFN3O2.C10H12/c1-22-16(20)21-17(24-22)6-7-23-15-5-3-10(8-12(15)17)11-2-4-14(19)13(18)9-11;1-2-6-10-8-4-3-7-9(10)5-1/h2-5,8-9H,6-7H2,1H3,(H2,20,21);1-2,5-6H,3-4,7-8H2/t17-;/m1./s1. The zero-order valence-corrected chi connectivity index (χ0v) is 19.8. The van der Waals surface area contributed by atoms with Crippen molar-refractivity contribution in [1.29, 1.82) is 0 Å². The van der Waals surface area contributed by atoms with Crippen molar-refractivity contribution < 1.29 is 14.0 Å². The number of halogens is 2. The van der Waals surface area contributed by atoms with Crippen LogP contribution in [0.2, 0.25) is 5.02 Å². The number of fused-ring (bicyclic) bond motifs is 3. The Hall–Kier alpha value is -3.09. The summed E-state index contributed by atoms with van der Waals surface area (Å²) in [5.41, 5.74) is 10.6. The van der Waals surface area contributed by atoms with Crippen LogP contribution in [0.4, 0.5) is 4.39 Å². The van der Waals surface area contributed by atoms with Gasteiger partial charge in [0.15, 0.2) is 0 Å². The van der Waals surface area contributed by atoms with E-state index in [0.717, 1.165) is 16.7 Å². The molecule has 2 aliphatic heterocycles. The number of aliphatic imine (C=N–C) groups is 1. The van der Waals surface area contributed by atoms with Crippen LogP contribution in [0.25, 0.3) is 11.1 Å². The minimum Gasteiger partial charge on any atom is -0.493 e. The highest BCUT2D eigenvalue weighted by Gasteiger charge is 2.45. The number of nitrogens with zero attached hydrogens (tertiary/aromatic N) is 2. The Balaban J connectivity index is 0.000000200. The van der Waals surface area contributed by atoms with E-state index in [4.69, 9.17) is 26.9 Å². The first-order valence-electron chi connectivity index (χ1n) is 11.5. The van der Waals surface area contributed by atoms with Gasteiger partial charge in [0, 0.05) is 13.5 Å². The molecule has 34 heavy (non-hydrogen) atoms. The van der Waals surface area contributed by atoms with Gasteiger partial charge in [0.25, 0.3) is 0 Å². The second-order valence-electron chi connectivity index (χ2n) is 8.76. The lowest BCUT2D eigenvalue weighted by Crippen LogP contribution is -2.35. The normalized spacial score (nSPS) is 20.6. The molecule has 6 rings (SSSR count). The summed E-state index contributed by atoms with van der Waals surface area (Å²) in [4.78, 5) is 10.4. The van der Waals surface area contributed by atoms with Gasteiger partial charge in [0.1, 0.15) is 11.6 Å². The molecule has 176 valence electrons. The van der Waals surface area contributed by atoms with Crippen LogP contribution in [-0.2, 0) is 23.4 Å². The monoisotopic (exact) mass is 479 g/mol. The van der Waals surface area contributed by atoms with Crippen LogP contribution >= 0.6 is 11.6 Å². The Morgan fingerprint density at radius 3 is 2.32 bits per heavy atom. The van der Waals surface area contributed by atoms with E-state index in [9.17, 15) is 4.39 Å². The molecule has 1 aliphatic carbocycles. The second-order valence-corrected chi connectivity index (χ2v) is 9.16. The summed E-state index contributed by atoms with van der Waals surface area (Å²) in [6, 6.07) is 19.1. The fourth-order valence-corrected chi connectivity index (χ4v) is 4.87. The van der Waals surface area contributed by atoms with Crippen molar-refractivity contribution in [2.45, 2.75) is 37.8 Å². The summed E-state index contributed by atoms with van der Waals surface area (Å²) in [5.74, 6) is 0.569. The van der Waals surface area contributed by atoms with Crippen molar-refractivity contribution in [3.8, 4) is 16.9 Å². The molecule has 0 fully saturated rings. The fraction of sp³-hybridized carbons (Fsp3) is 0.296. The third-order valence-electron chi connectivity index (χ3n) is 6.52. The molecule has 0 amide bonds. The van der Waals surface area contributed by atoms with Crippen LogP contribution in [0.1, 0.15) is 36.0 Å². The number of ether oxygens (including phenoxy) is 1. The minimum absolute atomic E-state index is 0.0790. The first-order valence-corrected chi connectivity index (χ1v) is 11.9. The number of rotatable bonds is 1. The zero-order chi connectivity index (χ0) is 23.7. The molecule has 2 heterocycles. The topological polar surface area (TPSA) is 60.1 Å². The smallest absolute Gasteiger partial charge is 0.221 e.